The summed E-state index contributed by atoms with van der Waals surface area (Å²) in [6, 6.07) is 6.64. The largest absolute Gasteiger partial charge is 0.335 e. The molecule has 1 saturated heterocycles. The fourth-order valence-corrected chi connectivity index (χ4v) is 3.77. The molecule has 24 heavy (non-hydrogen) atoms. The molecule has 4 nitrogen and oxygen atoms in total. The van der Waals surface area contributed by atoms with E-state index in [1.807, 2.05) is 11.8 Å². The number of benzene rings is 1. The van der Waals surface area contributed by atoms with Crippen LogP contribution in [0, 0.1) is 11.7 Å². The summed E-state index contributed by atoms with van der Waals surface area (Å²) >= 11 is 1.23. The van der Waals surface area contributed by atoms with Gasteiger partial charge in [-0.1, -0.05) is 12.1 Å². The van der Waals surface area contributed by atoms with Crippen LogP contribution in [0.15, 0.2) is 30.5 Å². The Morgan fingerprint density at radius 1 is 1.42 bits per heavy atom. The fraction of sp³-hybridized carbons (Fsp3) is 0.375. The molecule has 1 aromatic heterocycles. The van der Waals surface area contributed by atoms with Crippen LogP contribution in [-0.4, -0.2) is 34.9 Å². The van der Waals surface area contributed by atoms with Crippen LogP contribution in [-0.2, 0) is 0 Å². The van der Waals surface area contributed by atoms with Gasteiger partial charge in [0.1, 0.15) is 15.7 Å². The summed E-state index contributed by atoms with van der Waals surface area (Å²) in [5.41, 5.74) is 6.14. The van der Waals surface area contributed by atoms with Crippen molar-refractivity contribution in [2.24, 2.45) is 11.7 Å². The second-order valence-electron chi connectivity index (χ2n) is 5.65. The van der Waals surface area contributed by atoms with Gasteiger partial charge in [-0.2, -0.15) is 0 Å². The van der Waals surface area contributed by atoms with Gasteiger partial charge in [0.15, 0.2) is 0 Å². The maximum Gasteiger partial charge on any atom is 0.265 e. The SMILES string of the molecule is CC1CC(CN)CN1C(=O)c1cnc(-c2ccccc2F)s1.Cl.Cl. The molecule has 3 rings (SSSR count). The number of rotatable bonds is 3. The number of amides is 1. The molecular weight excluding hydrogens is 372 g/mol. The number of thiazole rings is 1. The van der Waals surface area contributed by atoms with Gasteiger partial charge in [-0.3, -0.25) is 4.79 Å². The van der Waals surface area contributed by atoms with Gasteiger partial charge in [0.25, 0.3) is 5.91 Å². The summed E-state index contributed by atoms with van der Waals surface area (Å²) in [6.07, 6.45) is 2.47. The van der Waals surface area contributed by atoms with E-state index in [4.69, 9.17) is 5.73 Å². The summed E-state index contributed by atoms with van der Waals surface area (Å²) in [5, 5.41) is 0.531. The highest BCUT2D eigenvalue weighted by molar-refractivity contribution is 7.16. The van der Waals surface area contributed by atoms with Gasteiger partial charge in [-0.05, 0) is 37.9 Å². The molecule has 1 aromatic carbocycles. The van der Waals surface area contributed by atoms with Gasteiger partial charge in [-0.25, -0.2) is 9.37 Å². The van der Waals surface area contributed by atoms with E-state index in [1.54, 1.807) is 18.2 Å². The summed E-state index contributed by atoms with van der Waals surface area (Å²) < 4.78 is 13.8. The van der Waals surface area contributed by atoms with Crippen LogP contribution in [0.1, 0.15) is 23.0 Å². The van der Waals surface area contributed by atoms with E-state index in [9.17, 15) is 9.18 Å². The summed E-state index contributed by atoms with van der Waals surface area (Å²) in [6.45, 7) is 3.31. The van der Waals surface area contributed by atoms with E-state index in [2.05, 4.69) is 4.98 Å². The van der Waals surface area contributed by atoms with Crippen LogP contribution in [0.3, 0.4) is 0 Å². The van der Waals surface area contributed by atoms with Crippen molar-refractivity contribution in [3.8, 4) is 10.6 Å². The van der Waals surface area contributed by atoms with E-state index >= 15 is 0 Å². The highest BCUT2D eigenvalue weighted by atomic mass is 35.5. The van der Waals surface area contributed by atoms with Crippen molar-refractivity contribution in [1.82, 2.24) is 9.88 Å². The summed E-state index contributed by atoms with van der Waals surface area (Å²) in [4.78, 5) is 19.2. The van der Waals surface area contributed by atoms with E-state index in [0.29, 0.717) is 34.5 Å². The highest BCUT2D eigenvalue weighted by Gasteiger charge is 2.33. The monoisotopic (exact) mass is 391 g/mol. The number of carbonyl (C=O) groups is 1. The van der Waals surface area contributed by atoms with Gasteiger partial charge in [-0.15, -0.1) is 36.2 Å². The normalized spacial score (nSPS) is 19.5. The molecule has 0 radical (unpaired) electrons. The van der Waals surface area contributed by atoms with Crippen molar-refractivity contribution in [1.29, 1.82) is 0 Å². The van der Waals surface area contributed by atoms with Gasteiger partial charge in [0.05, 0.1) is 6.20 Å². The Bertz CT molecular complexity index is 697. The molecule has 1 fully saturated rings. The molecule has 2 unspecified atom stereocenters. The molecular formula is C16H20Cl2FN3OS. The van der Waals surface area contributed by atoms with Crippen LogP contribution in [0.2, 0.25) is 0 Å². The topological polar surface area (TPSA) is 59.2 Å². The van der Waals surface area contributed by atoms with Crippen molar-refractivity contribution in [2.75, 3.05) is 13.1 Å². The average Bonchev–Trinajstić information content (AvgIpc) is 3.14. The first-order valence-electron chi connectivity index (χ1n) is 7.32. The van der Waals surface area contributed by atoms with E-state index in [-0.39, 0.29) is 42.6 Å². The van der Waals surface area contributed by atoms with Crippen molar-refractivity contribution in [2.45, 2.75) is 19.4 Å². The lowest BCUT2D eigenvalue weighted by molar-refractivity contribution is 0.0748. The minimum absolute atomic E-state index is 0. The molecule has 0 saturated carbocycles. The first-order chi connectivity index (χ1) is 10.6. The van der Waals surface area contributed by atoms with Crippen molar-refractivity contribution in [3.63, 3.8) is 0 Å². The predicted octanol–water partition coefficient (Wildman–Crippen LogP) is 3.60. The number of carbonyl (C=O) groups excluding carboxylic acids is 1. The zero-order valence-corrected chi connectivity index (χ0v) is 15.6. The molecule has 0 spiro atoms. The number of halogens is 3. The Kier molecular flexibility index (Phi) is 7.60. The number of nitrogens with two attached hydrogens (primary N) is 1. The van der Waals surface area contributed by atoms with E-state index < -0.39 is 0 Å². The molecule has 2 N–H and O–H groups in total. The van der Waals surface area contributed by atoms with Gasteiger partial charge >= 0.3 is 0 Å². The van der Waals surface area contributed by atoms with Crippen LogP contribution < -0.4 is 5.73 Å². The van der Waals surface area contributed by atoms with Crippen molar-refractivity contribution in [3.05, 3.63) is 41.2 Å². The second kappa shape index (κ2) is 8.76. The first-order valence-corrected chi connectivity index (χ1v) is 8.13. The molecule has 2 aromatic rings. The zero-order chi connectivity index (χ0) is 15.7. The summed E-state index contributed by atoms with van der Waals surface area (Å²) in [5.74, 6) is -0.00460. The summed E-state index contributed by atoms with van der Waals surface area (Å²) in [7, 11) is 0. The molecule has 2 heterocycles. The quantitative estimate of drug-likeness (QED) is 0.868. The molecule has 8 heteroatoms. The highest BCUT2D eigenvalue weighted by Crippen LogP contribution is 2.30. The lowest BCUT2D eigenvalue weighted by Crippen LogP contribution is -2.33. The number of aromatic nitrogens is 1. The standard InChI is InChI=1S/C16H18FN3OS.2ClH/c1-10-6-11(7-18)9-20(10)16(21)14-8-19-15(22-14)12-4-2-3-5-13(12)17;;/h2-5,8,10-11H,6-7,9,18H2,1H3;2*1H. The van der Waals surface area contributed by atoms with Crippen LogP contribution >= 0.6 is 36.2 Å². The Morgan fingerprint density at radius 2 is 2.12 bits per heavy atom. The number of hydrogen-bond donors (Lipinski definition) is 1. The molecule has 0 bridgehead atoms. The lowest BCUT2D eigenvalue weighted by atomic mass is 10.1. The molecule has 132 valence electrons. The Balaban J connectivity index is 0.00000144. The molecule has 2 atom stereocenters. The molecule has 1 aliphatic heterocycles. The van der Waals surface area contributed by atoms with Gasteiger partial charge < -0.3 is 10.6 Å². The van der Waals surface area contributed by atoms with E-state index in [0.717, 1.165) is 6.42 Å². The Labute approximate surface area is 157 Å². The van der Waals surface area contributed by atoms with Gasteiger partial charge in [0, 0.05) is 18.2 Å². The Hall–Kier alpha value is -1.21. The predicted molar refractivity (Wildman–Crippen MR) is 99.7 cm³/mol. The minimum atomic E-state index is -0.325. The smallest absolute Gasteiger partial charge is 0.265 e. The van der Waals surface area contributed by atoms with Crippen LogP contribution in [0.5, 0.6) is 0 Å². The van der Waals surface area contributed by atoms with Crippen LogP contribution in [0.4, 0.5) is 4.39 Å². The van der Waals surface area contributed by atoms with Gasteiger partial charge in [0.2, 0.25) is 0 Å². The fourth-order valence-electron chi connectivity index (χ4n) is 2.87. The first kappa shape index (κ1) is 20.8. The van der Waals surface area contributed by atoms with Crippen LogP contribution in [0.25, 0.3) is 10.6 Å². The van der Waals surface area contributed by atoms with Crippen molar-refractivity contribution < 1.29 is 9.18 Å². The molecule has 1 amide bonds. The number of nitrogens with zero attached hydrogens (tertiary/aromatic N) is 2. The molecule has 0 aliphatic carbocycles. The van der Waals surface area contributed by atoms with Crippen molar-refractivity contribution >= 4 is 42.1 Å². The molecule has 1 aliphatic rings. The lowest BCUT2D eigenvalue weighted by Gasteiger charge is -2.20. The Morgan fingerprint density at radius 3 is 2.75 bits per heavy atom. The minimum Gasteiger partial charge on any atom is -0.335 e. The zero-order valence-electron chi connectivity index (χ0n) is 13.1. The maximum atomic E-state index is 13.8. The number of likely N-dealkylation sites (tertiary alicyclic amines) is 1. The third-order valence-corrected chi connectivity index (χ3v) is 5.09. The third kappa shape index (κ3) is 4.06. The third-order valence-electron chi connectivity index (χ3n) is 4.08. The second-order valence-corrected chi connectivity index (χ2v) is 6.68. The average molecular weight is 392 g/mol. The number of hydrogen-bond acceptors (Lipinski definition) is 4. The van der Waals surface area contributed by atoms with E-state index in [1.165, 1.54) is 23.6 Å². The maximum absolute atomic E-state index is 13.8.